The normalized spacial score (nSPS) is 10.8. The van der Waals surface area contributed by atoms with Crippen LogP contribution in [0.2, 0.25) is 0 Å². The molecule has 2 heterocycles. The van der Waals surface area contributed by atoms with Crippen LogP contribution in [0.25, 0.3) is 11.5 Å². The molecule has 3 aromatic rings. The van der Waals surface area contributed by atoms with Crippen LogP contribution in [0.3, 0.4) is 0 Å². The first kappa shape index (κ1) is 13.1. The van der Waals surface area contributed by atoms with Crippen LogP contribution in [0.1, 0.15) is 16.8 Å². The second kappa shape index (κ2) is 6.01. The highest BCUT2D eigenvalue weighted by molar-refractivity contribution is 7.97. The Hall–Kier alpha value is -1.94. The molecule has 0 saturated heterocycles. The minimum Gasteiger partial charge on any atom is -0.461 e. The van der Waals surface area contributed by atoms with E-state index in [0.717, 1.165) is 17.2 Å². The van der Waals surface area contributed by atoms with Crippen LogP contribution < -0.4 is 0 Å². The van der Waals surface area contributed by atoms with Crippen molar-refractivity contribution in [2.75, 3.05) is 0 Å². The lowest BCUT2D eigenvalue weighted by atomic mass is 10.1. The van der Waals surface area contributed by atoms with Crippen molar-refractivity contribution < 1.29 is 8.94 Å². The summed E-state index contributed by atoms with van der Waals surface area (Å²) in [5, 5.41) is 4.07. The summed E-state index contributed by atoms with van der Waals surface area (Å²) in [6.45, 7) is 2.14. The van der Waals surface area contributed by atoms with Gasteiger partial charge in [-0.1, -0.05) is 29.4 Å². The predicted molar refractivity (Wildman–Crippen MR) is 80.4 cm³/mol. The number of furan rings is 1. The van der Waals surface area contributed by atoms with Gasteiger partial charge in [-0.25, -0.2) is 0 Å². The first-order valence-corrected chi connectivity index (χ1v) is 7.60. The first-order valence-electron chi connectivity index (χ1n) is 6.44. The fraction of sp³-hybridized carbons (Fsp3) is 0.188. The lowest BCUT2D eigenvalue weighted by molar-refractivity contribution is 0.413. The van der Waals surface area contributed by atoms with Crippen LogP contribution in [-0.4, -0.2) is 5.16 Å². The van der Waals surface area contributed by atoms with Crippen molar-refractivity contribution in [3.05, 3.63) is 65.5 Å². The van der Waals surface area contributed by atoms with Gasteiger partial charge in [-0.2, -0.15) is 11.8 Å². The number of aromatic nitrogens is 1. The topological polar surface area (TPSA) is 39.2 Å². The van der Waals surface area contributed by atoms with Crippen molar-refractivity contribution in [3.63, 3.8) is 0 Å². The van der Waals surface area contributed by atoms with Gasteiger partial charge in [-0.3, -0.25) is 0 Å². The van der Waals surface area contributed by atoms with E-state index in [0.29, 0.717) is 11.5 Å². The number of hydrogen-bond acceptors (Lipinski definition) is 4. The Morgan fingerprint density at radius 2 is 1.95 bits per heavy atom. The summed E-state index contributed by atoms with van der Waals surface area (Å²) in [5.74, 6) is 3.21. The maximum absolute atomic E-state index is 5.28. The van der Waals surface area contributed by atoms with Crippen LogP contribution in [-0.2, 0) is 11.5 Å². The Labute approximate surface area is 122 Å². The van der Waals surface area contributed by atoms with Crippen LogP contribution >= 0.6 is 11.8 Å². The standard InChI is InChI=1S/C16H15NO2S/c1-12-5-2-3-6-13(12)10-20-11-14-9-16(19-17-14)15-7-4-8-18-15/h2-9H,10-11H2,1H3. The maximum atomic E-state index is 5.28. The average Bonchev–Trinajstić information content (AvgIpc) is 3.11. The largest absolute Gasteiger partial charge is 0.461 e. The molecule has 0 unspecified atom stereocenters. The van der Waals surface area contributed by atoms with Crippen LogP contribution in [0, 0.1) is 6.92 Å². The van der Waals surface area contributed by atoms with E-state index in [-0.39, 0.29) is 0 Å². The molecule has 0 saturated carbocycles. The molecule has 0 bridgehead atoms. The van der Waals surface area contributed by atoms with Gasteiger partial charge in [0, 0.05) is 17.6 Å². The summed E-state index contributed by atoms with van der Waals surface area (Å²) in [6, 6.07) is 14.1. The molecule has 0 atom stereocenters. The third-order valence-corrected chi connectivity index (χ3v) is 4.11. The Balaban J connectivity index is 1.58. The summed E-state index contributed by atoms with van der Waals surface area (Å²) in [7, 11) is 0. The lowest BCUT2D eigenvalue weighted by Gasteiger charge is -2.03. The fourth-order valence-electron chi connectivity index (χ4n) is 1.95. The zero-order valence-electron chi connectivity index (χ0n) is 11.2. The highest BCUT2D eigenvalue weighted by Gasteiger charge is 2.09. The Kier molecular flexibility index (Phi) is 3.92. The van der Waals surface area contributed by atoms with Crippen LogP contribution in [0.5, 0.6) is 0 Å². The predicted octanol–water partition coefficient (Wildman–Crippen LogP) is 4.68. The second-order valence-corrected chi connectivity index (χ2v) is 5.56. The lowest BCUT2D eigenvalue weighted by Crippen LogP contribution is -1.86. The highest BCUT2D eigenvalue weighted by Crippen LogP contribution is 2.24. The molecular weight excluding hydrogens is 270 g/mol. The summed E-state index contributed by atoms with van der Waals surface area (Å²) in [4.78, 5) is 0. The summed E-state index contributed by atoms with van der Waals surface area (Å²) in [5.41, 5.74) is 3.64. The van der Waals surface area contributed by atoms with E-state index in [4.69, 9.17) is 8.94 Å². The molecule has 0 spiro atoms. The third kappa shape index (κ3) is 2.96. The molecule has 4 heteroatoms. The van der Waals surface area contributed by atoms with Gasteiger partial charge < -0.3 is 8.94 Å². The molecule has 0 aliphatic heterocycles. The molecule has 0 radical (unpaired) electrons. The number of thioether (sulfide) groups is 1. The van der Waals surface area contributed by atoms with Gasteiger partial charge in [-0.05, 0) is 30.2 Å². The molecule has 0 amide bonds. The molecule has 2 aromatic heterocycles. The molecule has 0 N–H and O–H groups in total. The van der Waals surface area contributed by atoms with Gasteiger partial charge in [0.2, 0.25) is 5.76 Å². The zero-order valence-corrected chi connectivity index (χ0v) is 12.0. The molecule has 3 rings (SSSR count). The van der Waals surface area contributed by atoms with Crippen molar-refractivity contribution in [2.24, 2.45) is 0 Å². The van der Waals surface area contributed by atoms with Crippen molar-refractivity contribution in [2.45, 2.75) is 18.4 Å². The highest BCUT2D eigenvalue weighted by atomic mass is 32.2. The smallest absolute Gasteiger partial charge is 0.202 e. The summed E-state index contributed by atoms with van der Waals surface area (Å²) >= 11 is 1.83. The molecule has 3 nitrogen and oxygen atoms in total. The molecular formula is C16H15NO2S. The van der Waals surface area contributed by atoms with Crippen molar-refractivity contribution in [1.82, 2.24) is 5.16 Å². The maximum Gasteiger partial charge on any atom is 0.202 e. The van der Waals surface area contributed by atoms with Gasteiger partial charge in [0.15, 0.2) is 5.76 Å². The third-order valence-electron chi connectivity index (χ3n) is 3.09. The van der Waals surface area contributed by atoms with E-state index >= 15 is 0 Å². The van der Waals surface area contributed by atoms with E-state index in [1.54, 1.807) is 6.26 Å². The number of nitrogens with zero attached hydrogens (tertiary/aromatic N) is 1. The molecule has 1 aromatic carbocycles. The van der Waals surface area contributed by atoms with E-state index in [1.807, 2.05) is 30.0 Å². The van der Waals surface area contributed by atoms with Crippen LogP contribution in [0.15, 0.2) is 57.7 Å². The monoisotopic (exact) mass is 285 g/mol. The van der Waals surface area contributed by atoms with E-state index in [1.165, 1.54) is 11.1 Å². The SMILES string of the molecule is Cc1ccccc1CSCc1cc(-c2ccco2)on1. The number of benzene rings is 1. The first-order chi connectivity index (χ1) is 9.83. The van der Waals surface area contributed by atoms with Gasteiger partial charge in [-0.15, -0.1) is 0 Å². The summed E-state index contributed by atoms with van der Waals surface area (Å²) in [6.07, 6.45) is 1.63. The van der Waals surface area contributed by atoms with E-state index < -0.39 is 0 Å². The number of rotatable bonds is 5. The van der Waals surface area contributed by atoms with Gasteiger partial charge >= 0.3 is 0 Å². The Morgan fingerprint density at radius 1 is 1.05 bits per heavy atom. The van der Waals surface area contributed by atoms with Crippen molar-refractivity contribution in [3.8, 4) is 11.5 Å². The summed E-state index contributed by atoms with van der Waals surface area (Å²) < 4.78 is 10.6. The van der Waals surface area contributed by atoms with Gasteiger partial charge in [0.25, 0.3) is 0 Å². The van der Waals surface area contributed by atoms with Crippen molar-refractivity contribution >= 4 is 11.8 Å². The fourth-order valence-corrected chi connectivity index (χ4v) is 2.94. The Bertz CT molecular complexity index is 673. The second-order valence-electron chi connectivity index (χ2n) is 4.58. The zero-order chi connectivity index (χ0) is 13.8. The molecule has 0 fully saturated rings. The molecule has 0 aliphatic rings. The number of aryl methyl sites for hydroxylation is 1. The molecule has 102 valence electrons. The minimum absolute atomic E-state index is 0.682. The van der Waals surface area contributed by atoms with Crippen molar-refractivity contribution in [1.29, 1.82) is 0 Å². The number of hydrogen-bond donors (Lipinski definition) is 0. The molecule has 20 heavy (non-hydrogen) atoms. The minimum atomic E-state index is 0.682. The van der Waals surface area contributed by atoms with E-state index in [9.17, 15) is 0 Å². The molecule has 0 aliphatic carbocycles. The average molecular weight is 285 g/mol. The van der Waals surface area contributed by atoms with Gasteiger partial charge in [0.05, 0.1) is 12.0 Å². The van der Waals surface area contributed by atoms with Crippen LogP contribution in [0.4, 0.5) is 0 Å². The Morgan fingerprint density at radius 3 is 2.75 bits per heavy atom. The quantitative estimate of drug-likeness (QED) is 0.682. The van der Waals surface area contributed by atoms with Gasteiger partial charge in [0.1, 0.15) is 0 Å². The van der Waals surface area contributed by atoms with E-state index in [2.05, 4.69) is 36.3 Å².